The van der Waals surface area contributed by atoms with Crippen LogP contribution in [0.1, 0.15) is 37.0 Å². The average Bonchev–Trinajstić information content (AvgIpc) is 3.45. The number of fused-ring (bicyclic) bond motifs is 2. The molecule has 1 aromatic carbocycles. The number of carbonyl (C=O) groups is 2. The van der Waals surface area contributed by atoms with Gasteiger partial charge >= 0.3 is 5.97 Å². The molecule has 4 heterocycles. The highest BCUT2D eigenvalue weighted by Gasteiger charge is 2.25. The summed E-state index contributed by atoms with van der Waals surface area (Å²) < 4.78 is 19.9. The minimum Gasteiger partial charge on any atom is -0.479 e. The molecule has 12 heteroatoms. The molecule has 10 nitrogen and oxygen atoms in total. The van der Waals surface area contributed by atoms with Crippen LogP contribution in [-0.4, -0.2) is 51.2 Å². The van der Waals surface area contributed by atoms with Crippen LogP contribution in [0.4, 0.5) is 0 Å². The fourth-order valence-electron chi connectivity index (χ4n) is 4.53. The summed E-state index contributed by atoms with van der Waals surface area (Å²) in [4.78, 5) is 49.1. The van der Waals surface area contributed by atoms with Gasteiger partial charge < -0.3 is 18.8 Å². The summed E-state index contributed by atoms with van der Waals surface area (Å²) in [5, 5.41) is 0.825. The number of hydrogen-bond acceptors (Lipinski definition) is 7. The normalized spacial score (nSPS) is 16.4. The maximum absolute atomic E-state index is 13.5. The molecule has 5 rings (SSSR count). The number of halogens is 2. The van der Waals surface area contributed by atoms with Crippen molar-refractivity contribution in [2.24, 2.45) is 4.99 Å². The molecule has 4 aromatic rings. The third kappa shape index (κ3) is 5.60. The third-order valence-electron chi connectivity index (χ3n) is 6.46. The molecule has 40 heavy (non-hydrogen) atoms. The maximum Gasteiger partial charge on any atom is 0.341 e. The van der Waals surface area contributed by atoms with E-state index in [-0.39, 0.29) is 57.7 Å². The van der Waals surface area contributed by atoms with Crippen molar-refractivity contribution in [3.05, 3.63) is 80.1 Å². The molecule has 1 aliphatic heterocycles. The summed E-state index contributed by atoms with van der Waals surface area (Å²) in [7, 11) is 0. The number of esters is 1. The van der Waals surface area contributed by atoms with Crippen LogP contribution in [0.2, 0.25) is 10.0 Å². The van der Waals surface area contributed by atoms with E-state index >= 15 is 0 Å². The molecular formula is C28H26Cl2N4O6. The predicted molar refractivity (Wildman–Crippen MR) is 149 cm³/mol. The molecule has 0 unspecified atom stereocenters. The second kappa shape index (κ2) is 11.8. The summed E-state index contributed by atoms with van der Waals surface area (Å²) in [6.07, 6.45) is 1.91. The Balaban J connectivity index is 1.72. The van der Waals surface area contributed by atoms with E-state index in [9.17, 15) is 14.4 Å². The molecule has 2 atom stereocenters. The number of hydrogen-bond donors (Lipinski definition) is 0. The van der Waals surface area contributed by atoms with Crippen LogP contribution in [0, 0.1) is 0 Å². The van der Waals surface area contributed by atoms with E-state index < -0.39 is 18.0 Å². The van der Waals surface area contributed by atoms with E-state index in [1.165, 1.54) is 23.5 Å². The van der Waals surface area contributed by atoms with Gasteiger partial charge in [-0.25, -0.2) is 9.78 Å². The summed E-state index contributed by atoms with van der Waals surface area (Å²) in [6, 6.07) is 11.2. The number of aromatic nitrogens is 3. The zero-order valence-electron chi connectivity index (χ0n) is 21.8. The van der Waals surface area contributed by atoms with Crippen molar-refractivity contribution in [2.45, 2.75) is 45.4 Å². The molecule has 1 amide bonds. The van der Waals surface area contributed by atoms with Crippen molar-refractivity contribution in [1.29, 1.82) is 0 Å². The molecule has 3 aromatic heterocycles. The van der Waals surface area contributed by atoms with Gasteiger partial charge in [0.1, 0.15) is 22.6 Å². The maximum atomic E-state index is 13.5. The van der Waals surface area contributed by atoms with Gasteiger partial charge in [-0.3, -0.25) is 14.0 Å². The van der Waals surface area contributed by atoms with Gasteiger partial charge in [-0.05, 0) is 63.1 Å². The third-order valence-corrected chi connectivity index (χ3v) is 6.99. The summed E-state index contributed by atoms with van der Waals surface area (Å²) in [5.41, 5.74) is 0.236. The van der Waals surface area contributed by atoms with Gasteiger partial charge in [0.2, 0.25) is 0 Å². The van der Waals surface area contributed by atoms with E-state index in [0.29, 0.717) is 17.3 Å². The van der Waals surface area contributed by atoms with E-state index in [1.54, 1.807) is 48.0 Å². The highest BCUT2D eigenvalue weighted by Crippen LogP contribution is 2.28. The van der Waals surface area contributed by atoms with Crippen LogP contribution in [0.3, 0.4) is 0 Å². The molecule has 1 fully saturated rings. The minimum absolute atomic E-state index is 0.00344. The first kappa shape index (κ1) is 27.8. The summed E-state index contributed by atoms with van der Waals surface area (Å²) in [5.74, 6) is -1.17. The molecule has 1 aliphatic rings. The highest BCUT2D eigenvalue weighted by molar-refractivity contribution is 6.35. The van der Waals surface area contributed by atoms with Gasteiger partial charge in [0.05, 0.1) is 29.7 Å². The molecule has 0 saturated carbocycles. The SMILES string of the molecule is CCOC(=O)c1cc2c(=O)n3ccccc3nc2n(C[C@@H]2CCCO2)c1=NC(=O)[C@@H](C)Oc1ccc(Cl)cc1Cl. The number of pyridine rings is 2. The van der Waals surface area contributed by atoms with Crippen molar-refractivity contribution >= 4 is 51.8 Å². The van der Waals surface area contributed by atoms with Gasteiger partial charge in [0.15, 0.2) is 11.6 Å². The van der Waals surface area contributed by atoms with E-state index in [4.69, 9.17) is 42.4 Å². The lowest BCUT2D eigenvalue weighted by Gasteiger charge is -2.18. The lowest BCUT2D eigenvalue weighted by molar-refractivity contribution is -0.124. The first-order chi connectivity index (χ1) is 19.3. The van der Waals surface area contributed by atoms with Crippen LogP contribution >= 0.6 is 23.2 Å². The first-order valence-electron chi connectivity index (χ1n) is 12.8. The lowest BCUT2D eigenvalue weighted by Crippen LogP contribution is -2.36. The standard InChI is InChI=1S/C28H26Cl2N4O6/c1-3-38-28(37)20-14-19-24(31-23-8-4-5-11-33(23)27(19)36)34(15-18-7-6-12-39-18)25(20)32-26(35)16(2)40-22-10-9-17(29)13-21(22)30/h4-5,8-11,13-14,16,18H,3,6-7,12,15H2,1-2H3/t16-,18+/m1/s1. The quantitative estimate of drug-likeness (QED) is 0.236. The number of benzene rings is 1. The lowest BCUT2D eigenvalue weighted by atomic mass is 10.2. The second-order valence-corrected chi connectivity index (χ2v) is 10.1. The number of amides is 1. The number of carbonyl (C=O) groups excluding carboxylic acids is 2. The topological polar surface area (TPSA) is 113 Å². The van der Waals surface area contributed by atoms with Crippen molar-refractivity contribution in [3.8, 4) is 5.75 Å². The predicted octanol–water partition coefficient (Wildman–Crippen LogP) is 4.21. The molecule has 0 spiro atoms. The largest absolute Gasteiger partial charge is 0.479 e. The molecule has 0 bridgehead atoms. The number of nitrogens with zero attached hydrogens (tertiary/aromatic N) is 4. The van der Waals surface area contributed by atoms with Crippen LogP contribution in [0.5, 0.6) is 5.75 Å². The van der Waals surface area contributed by atoms with Gasteiger partial charge in [0, 0.05) is 17.8 Å². The Morgan fingerprint density at radius 3 is 2.77 bits per heavy atom. The summed E-state index contributed by atoms with van der Waals surface area (Å²) >= 11 is 12.2. The van der Waals surface area contributed by atoms with Crippen molar-refractivity contribution in [1.82, 2.24) is 14.0 Å². The minimum atomic E-state index is -1.07. The molecule has 0 radical (unpaired) electrons. The Bertz CT molecular complexity index is 1740. The van der Waals surface area contributed by atoms with E-state index in [0.717, 1.165) is 12.8 Å². The second-order valence-electron chi connectivity index (χ2n) is 9.22. The Morgan fingerprint density at radius 1 is 1.23 bits per heavy atom. The molecule has 208 valence electrons. The van der Waals surface area contributed by atoms with E-state index in [2.05, 4.69) is 4.99 Å². The highest BCUT2D eigenvalue weighted by atomic mass is 35.5. The fraction of sp³-hybridized carbons (Fsp3) is 0.321. The van der Waals surface area contributed by atoms with Crippen LogP contribution in [0.25, 0.3) is 16.7 Å². The van der Waals surface area contributed by atoms with Crippen LogP contribution in [-0.2, 0) is 20.8 Å². The number of ether oxygens (including phenoxy) is 3. The molecule has 0 N–H and O–H groups in total. The monoisotopic (exact) mass is 584 g/mol. The Kier molecular flexibility index (Phi) is 8.20. The van der Waals surface area contributed by atoms with Crippen molar-refractivity contribution in [3.63, 3.8) is 0 Å². The van der Waals surface area contributed by atoms with Gasteiger partial charge in [-0.2, -0.15) is 4.99 Å². The smallest absolute Gasteiger partial charge is 0.341 e. The van der Waals surface area contributed by atoms with E-state index in [1.807, 2.05) is 0 Å². The Hall–Kier alpha value is -3.73. The molecule has 1 saturated heterocycles. The zero-order chi connectivity index (χ0) is 28.4. The Morgan fingerprint density at radius 2 is 2.05 bits per heavy atom. The van der Waals surface area contributed by atoms with Crippen molar-refractivity contribution < 1.29 is 23.8 Å². The van der Waals surface area contributed by atoms with Gasteiger partial charge in [-0.15, -0.1) is 0 Å². The fourth-order valence-corrected chi connectivity index (χ4v) is 4.98. The summed E-state index contributed by atoms with van der Waals surface area (Å²) in [6.45, 7) is 4.06. The molecular weight excluding hydrogens is 559 g/mol. The molecule has 0 aliphatic carbocycles. The van der Waals surface area contributed by atoms with Crippen LogP contribution in [0.15, 0.2) is 58.4 Å². The van der Waals surface area contributed by atoms with Crippen molar-refractivity contribution in [2.75, 3.05) is 13.2 Å². The van der Waals surface area contributed by atoms with Crippen LogP contribution < -0.4 is 15.8 Å². The number of rotatable bonds is 7. The first-order valence-corrected chi connectivity index (χ1v) is 13.6. The van der Waals surface area contributed by atoms with Gasteiger partial charge in [0.25, 0.3) is 11.5 Å². The van der Waals surface area contributed by atoms with Gasteiger partial charge in [-0.1, -0.05) is 29.3 Å². The average molecular weight is 585 g/mol. The Labute approximate surface area is 238 Å². The zero-order valence-corrected chi connectivity index (χ0v) is 23.3.